The molecule has 0 aliphatic rings. The van der Waals surface area contributed by atoms with Gasteiger partial charge in [-0.3, -0.25) is 10.1 Å². The molecule has 0 bridgehead atoms. The summed E-state index contributed by atoms with van der Waals surface area (Å²) in [6.07, 6.45) is 0.436. The Hall–Kier alpha value is -2.71. The number of amides is 1. The van der Waals surface area contributed by atoms with Gasteiger partial charge >= 0.3 is 11.9 Å². The summed E-state index contributed by atoms with van der Waals surface area (Å²) in [5.74, 6) is -1.53. The number of carbonyl (C=O) groups is 3. The highest BCUT2D eigenvalue weighted by Gasteiger charge is 2.31. The molecule has 0 saturated heterocycles. The summed E-state index contributed by atoms with van der Waals surface area (Å²) in [7, 11) is 0. The van der Waals surface area contributed by atoms with Gasteiger partial charge in [-0.1, -0.05) is 23.2 Å². The van der Waals surface area contributed by atoms with E-state index in [1.54, 1.807) is 32.0 Å². The van der Waals surface area contributed by atoms with Crippen LogP contribution in [-0.4, -0.2) is 37.7 Å². The molecule has 10 heteroatoms. The fourth-order valence-corrected chi connectivity index (χ4v) is 3.14. The average Bonchev–Trinajstić information content (AvgIpc) is 3.02. The van der Waals surface area contributed by atoms with Crippen LogP contribution in [-0.2, 0) is 14.3 Å². The monoisotopic (exact) mass is 471 g/mol. The third-order valence-corrected chi connectivity index (χ3v) is 4.53. The Kier molecular flexibility index (Phi) is 9.21. The van der Waals surface area contributed by atoms with Crippen LogP contribution in [0, 0.1) is 6.92 Å². The number of hydrogen-bond acceptors (Lipinski definition) is 7. The van der Waals surface area contributed by atoms with E-state index in [1.807, 2.05) is 0 Å². The van der Waals surface area contributed by atoms with Crippen LogP contribution in [0.2, 0.25) is 10.0 Å². The highest BCUT2D eigenvalue weighted by atomic mass is 35.5. The Bertz CT molecular complexity index is 955. The number of benzene rings is 1. The molecule has 0 atom stereocenters. The van der Waals surface area contributed by atoms with Crippen molar-refractivity contribution in [2.75, 3.05) is 25.1 Å². The molecule has 8 nitrogen and oxygen atoms in total. The molecule has 1 amide bonds. The molecule has 2 aromatic rings. The molecule has 2 rings (SSSR count). The Balaban J connectivity index is 2.03. The summed E-state index contributed by atoms with van der Waals surface area (Å²) in [4.78, 5) is 37.0. The van der Waals surface area contributed by atoms with E-state index in [1.165, 1.54) is 6.92 Å². The molecule has 0 saturated carbocycles. The van der Waals surface area contributed by atoms with Gasteiger partial charge in [-0.05, 0) is 45.4 Å². The lowest BCUT2D eigenvalue weighted by molar-refractivity contribution is -0.116. The van der Waals surface area contributed by atoms with Crippen LogP contribution < -0.4 is 10.1 Å². The zero-order chi connectivity index (χ0) is 23.0. The second kappa shape index (κ2) is 11.6. The van der Waals surface area contributed by atoms with Crippen LogP contribution in [0.15, 0.2) is 22.6 Å². The summed E-state index contributed by atoms with van der Waals surface area (Å²) < 4.78 is 21.0. The van der Waals surface area contributed by atoms with E-state index in [9.17, 15) is 14.4 Å². The van der Waals surface area contributed by atoms with E-state index >= 15 is 0 Å². The molecule has 1 N–H and O–H groups in total. The first-order valence-electron chi connectivity index (χ1n) is 9.63. The van der Waals surface area contributed by atoms with Crippen molar-refractivity contribution in [1.29, 1.82) is 0 Å². The lowest BCUT2D eigenvalue weighted by Gasteiger charge is -2.09. The maximum Gasteiger partial charge on any atom is 0.344 e. The number of halogens is 2. The van der Waals surface area contributed by atoms with Gasteiger partial charge in [-0.2, -0.15) is 0 Å². The second-order valence-corrected chi connectivity index (χ2v) is 7.10. The maximum atomic E-state index is 12.4. The van der Waals surface area contributed by atoms with Crippen molar-refractivity contribution in [3.8, 4) is 5.75 Å². The van der Waals surface area contributed by atoms with Crippen molar-refractivity contribution < 1.29 is 33.0 Å². The number of aryl methyl sites for hydroxylation is 1. The first-order chi connectivity index (χ1) is 14.8. The van der Waals surface area contributed by atoms with Crippen molar-refractivity contribution in [3.05, 3.63) is 45.1 Å². The number of furan rings is 1. The Morgan fingerprint density at radius 2 is 1.68 bits per heavy atom. The Labute approximate surface area is 189 Å². The van der Waals surface area contributed by atoms with Crippen molar-refractivity contribution in [2.24, 2.45) is 0 Å². The fraction of sp³-hybridized carbons (Fsp3) is 0.381. The molecular weight excluding hydrogens is 449 g/mol. The van der Waals surface area contributed by atoms with Crippen LogP contribution in [0.3, 0.4) is 0 Å². The van der Waals surface area contributed by atoms with Crippen molar-refractivity contribution in [1.82, 2.24) is 0 Å². The minimum atomic E-state index is -0.793. The maximum absolute atomic E-state index is 12.4. The lowest BCUT2D eigenvalue weighted by Crippen LogP contribution is -2.17. The smallest absolute Gasteiger partial charge is 0.344 e. The molecule has 31 heavy (non-hydrogen) atoms. The van der Waals surface area contributed by atoms with E-state index in [0.717, 1.165) is 0 Å². The van der Waals surface area contributed by atoms with Gasteiger partial charge in [-0.15, -0.1) is 0 Å². The van der Waals surface area contributed by atoms with E-state index in [2.05, 4.69) is 5.32 Å². The van der Waals surface area contributed by atoms with Gasteiger partial charge in [-0.25, -0.2) is 9.59 Å². The zero-order valence-electron chi connectivity index (χ0n) is 17.4. The minimum absolute atomic E-state index is 0.0714. The largest absolute Gasteiger partial charge is 0.492 e. The number of hydrogen-bond donors (Lipinski definition) is 1. The van der Waals surface area contributed by atoms with Crippen molar-refractivity contribution in [3.63, 3.8) is 0 Å². The molecule has 0 fully saturated rings. The number of anilines is 1. The summed E-state index contributed by atoms with van der Waals surface area (Å²) in [5.41, 5.74) is -0.244. The number of carbonyl (C=O) groups excluding carboxylic acids is 3. The molecule has 1 aromatic carbocycles. The molecule has 0 radical (unpaired) electrons. The third kappa shape index (κ3) is 6.63. The third-order valence-electron chi connectivity index (χ3n) is 4.00. The molecule has 0 aliphatic heterocycles. The molecular formula is C21H23Cl2NO7. The predicted molar refractivity (Wildman–Crippen MR) is 115 cm³/mol. The standard InChI is InChI=1S/C21H23Cl2NO7/c1-4-28-20(26)17-12(3)31-19(18(17)21(27)29-5-2)24-16(25)7-6-10-30-15-9-8-13(22)11-14(15)23/h8-9,11H,4-7,10H2,1-3H3,(H,24,25). The highest BCUT2D eigenvalue weighted by Crippen LogP contribution is 2.30. The van der Waals surface area contributed by atoms with Gasteiger partial charge in [0.1, 0.15) is 22.6 Å². The van der Waals surface area contributed by atoms with E-state index in [0.29, 0.717) is 22.2 Å². The van der Waals surface area contributed by atoms with Crippen LogP contribution in [0.5, 0.6) is 5.75 Å². The number of ether oxygens (including phenoxy) is 3. The van der Waals surface area contributed by atoms with E-state index in [-0.39, 0.29) is 49.0 Å². The average molecular weight is 472 g/mol. The normalized spacial score (nSPS) is 10.5. The Morgan fingerprint density at radius 1 is 1.03 bits per heavy atom. The zero-order valence-corrected chi connectivity index (χ0v) is 18.9. The SMILES string of the molecule is CCOC(=O)c1c(C)oc(NC(=O)CCCOc2ccc(Cl)cc2Cl)c1C(=O)OCC. The summed E-state index contributed by atoms with van der Waals surface area (Å²) in [6.45, 7) is 5.19. The van der Waals surface area contributed by atoms with Gasteiger partial charge in [0.2, 0.25) is 11.8 Å². The molecule has 0 aliphatic carbocycles. The summed E-state index contributed by atoms with van der Waals surface area (Å²) >= 11 is 11.9. The molecule has 0 unspecified atom stereocenters. The summed E-state index contributed by atoms with van der Waals surface area (Å²) in [5, 5.41) is 3.37. The van der Waals surface area contributed by atoms with Crippen LogP contribution >= 0.6 is 23.2 Å². The van der Waals surface area contributed by atoms with Gasteiger partial charge < -0.3 is 18.6 Å². The number of rotatable bonds is 10. The van der Waals surface area contributed by atoms with Gasteiger partial charge in [0.25, 0.3) is 0 Å². The van der Waals surface area contributed by atoms with Gasteiger partial charge in [0, 0.05) is 11.4 Å². The first-order valence-corrected chi connectivity index (χ1v) is 10.4. The topological polar surface area (TPSA) is 104 Å². The van der Waals surface area contributed by atoms with Gasteiger partial charge in [0.15, 0.2) is 0 Å². The lowest BCUT2D eigenvalue weighted by atomic mass is 10.1. The fourth-order valence-electron chi connectivity index (χ4n) is 2.68. The number of esters is 2. The molecule has 1 heterocycles. The minimum Gasteiger partial charge on any atom is -0.492 e. The molecule has 1 aromatic heterocycles. The van der Waals surface area contributed by atoms with Crippen LogP contribution in [0.1, 0.15) is 53.2 Å². The van der Waals surface area contributed by atoms with Crippen LogP contribution in [0.25, 0.3) is 0 Å². The molecule has 168 valence electrons. The first kappa shape index (κ1) is 24.6. The predicted octanol–water partition coefficient (Wildman–Crippen LogP) is 5.05. The van der Waals surface area contributed by atoms with Crippen molar-refractivity contribution in [2.45, 2.75) is 33.6 Å². The second-order valence-electron chi connectivity index (χ2n) is 6.25. The Morgan fingerprint density at radius 3 is 2.29 bits per heavy atom. The van der Waals surface area contributed by atoms with E-state index in [4.69, 9.17) is 41.8 Å². The van der Waals surface area contributed by atoms with Crippen molar-refractivity contribution >= 4 is 46.9 Å². The molecule has 0 spiro atoms. The van der Waals surface area contributed by atoms with Crippen LogP contribution in [0.4, 0.5) is 5.88 Å². The van der Waals surface area contributed by atoms with Gasteiger partial charge in [0.05, 0.1) is 24.8 Å². The summed E-state index contributed by atoms with van der Waals surface area (Å²) in [6, 6.07) is 4.84. The quantitative estimate of drug-likeness (QED) is 0.381. The number of nitrogens with one attached hydrogen (secondary N) is 1. The van der Waals surface area contributed by atoms with E-state index < -0.39 is 17.8 Å². The highest BCUT2D eigenvalue weighted by molar-refractivity contribution is 6.35.